The number of ketones is 1. The molecule has 1 rings (SSSR count). The first-order valence-electron chi connectivity index (χ1n) is 5.45. The van der Waals surface area contributed by atoms with Gasteiger partial charge in [0.1, 0.15) is 5.75 Å². The molecule has 0 N–H and O–H groups in total. The smallest absolute Gasteiger partial charge is 0.446 e. The fourth-order valence-corrected chi connectivity index (χ4v) is 2.24. The van der Waals surface area contributed by atoms with Gasteiger partial charge in [-0.25, -0.2) is 0 Å². The Bertz CT molecular complexity index is 461. The summed E-state index contributed by atoms with van der Waals surface area (Å²) in [5.41, 5.74) is -4.07. The zero-order valence-electron chi connectivity index (χ0n) is 10.3. The molecule has 0 aliphatic rings. The van der Waals surface area contributed by atoms with Gasteiger partial charge in [-0.2, -0.15) is 13.2 Å². The molecule has 0 aromatic heterocycles. The van der Waals surface area contributed by atoms with Crippen LogP contribution in [0.3, 0.4) is 0 Å². The van der Waals surface area contributed by atoms with Crippen molar-refractivity contribution in [2.24, 2.45) is 0 Å². The average molecular weight is 357 g/mol. The highest BCUT2D eigenvalue weighted by Crippen LogP contribution is 2.41. The third-order valence-electron chi connectivity index (χ3n) is 2.12. The minimum Gasteiger partial charge on any atom is -0.493 e. The van der Waals surface area contributed by atoms with Crippen molar-refractivity contribution in [2.75, 3.05) is 6.61 Å². The molecule has 0 saturated heterocycles. The molecule has 0 bridgehead atoms. The Morgan fingerprint density at radius 2 is 2.11 bits per heavy atom. The van der Waals surface area contributed by atoms with Crippen LogP contribution in [0.1, 0.15) is 24.2 Å². The highest BCUT2D eigenvalue weighted by molar-refractivity contribution is 9.10. The number of rotatable bonds is 5. The van der Waals surface area contributed by atoms with Gasteiger partial charge in [0.05, 0.1) is 16.3 Å². The van der Waals surface area contributed by atoms with Gasteiger partial charge in [0, 0.05) is 5.56 Å². The fourth-order valence-electron chi connectivity index (χ4n) is 1.37. The lowest BCUT2D eigenvalue weighted by atomic mass is 10.1. The maximum Gasteiger partial charge on any atom is 0.446 e. The van der Waals surface area contributed by atoms with E-state index in [2.05, 4.69) is 15.9 Å². The Morgan fingerprint density at radius 1 is 1.47 bits per heavy atom. The van der Waals surface area contributed by atoms with E-state index >= 15 is 0 Å². The molecule has 106 valence electrons. The summed E-state index contributed by atoms with van der Waals surface area (Å²) in [4.78, 5) is 11.3. The Hall–Kier alpha value is -0.690. The van der Waals surface area contributed by atoms with Crippen molar-refractivity contribution in [3.8, 4) is 5.75 Å². The molecular formula is C12H12BrF3O2S. The summed E-state index contributed by atoms with van der Waals surface area (Å²) in [6.45, 7) is 3.55. The molecule has 0 radical (unpaired) electrons. The summed E-state index contributed by atoms with van der Waals surface area (Å²) in [7, 11) is 0. The lowest BCUT2D eigenvalue weighted by Crippen LogP contribution is -2.10. The number of halogens is 4. The lowest BCUT2D eigenvalue weighted by molar-refractivity contribution is -0.0329. The lowest BCUT2D eigenvalue weighted by Gasteiger charge is -2.13. The molecule has 0 spiro atoms. The summed E-state index contributed by atoms with van der Waals surface area (Å²) in [6.07, 6.45) is 0. The Kier molecular flexibility index (Phi) is 5.73. The number of thioether (sulfide) groups is 1. The molecule has 1 unspecified atom stereocenters. The minimum absolute atomic E-state index is 0.0480. The standard InChI is InChI=1S/C12H12BrF3O2S/c1-3-18-9-6-8(11(17)7(2)13)4-5-10(9)19-12(14,15)16/h4-7H,3H2,1-2H3. The number of ether oxygens (including phenoxy) is 1. The molecule has 0 amide bonds. The van der Waals surface area contributed by atoms with Crippen LogP contribution >= 0.6 is 27.7 Å². The molecule has 7 heteroatoms. The number of carbonyl (C=O) groups excluding carboxylic acids is 1. The van der Waals surface area contributed by atoms with E-state index < -0.39 is 10.3 Å². The predicted octanol–water partition coefficient (Wildman–Crippen LogP) is 4.66. The topological polar surface area (TPSA) is 26.3 Å². The summed E-state index contributed by atoms with van der Waals surface area (Å²) >= 11 is 2.88. The van der Waals surface area contributed by atoms with Crippen molar-refractivity contribution in [1.82, 2.24) is 0 Å². The van der Waals surface area contributed by atoms with E-state index in [4.69, 9.17) is 4.74 Å². The molecule has 0 fully saturated rings. The molecular weight excluding hydrogens is 345 g/mol. The third kappa shape index (κ3) is 5.06. The maximum absolute atomic E-state index is 12.4. The van der Waals surface area contributed by atoms with Crippen LogP contribution in [0.4, 0.5) is 13.2 Å². The van der Waals surface area contributed by atoms with Crippen LogP contribution in [0.25, 0.3) is 0 Å². The van der Waals surface area contributed by atoms with Gasteiger partial charge in [-0.3, -0.25) is 4.79 Å². The second-order valence-corrected chi connectivity index (χ2v) is 6.10. The van der Waals surface area contributed by atoms with Gasteiger partial charge in [0.15, 0.2) is 5.78 Å². The third-order valence-corrected chi connectivity index (χ3v) is 3.32. The van der Waals surface area contributed by atoms with E-state index in [1.807, 2.05) is 0 Å². The zero-order chi connectivity index (χ0) is 14.6. The van der Waals surface area contributed by atoms with Crippen LogP contribution in [-0.4, -0.2) is 22.7 Å². The number of benzene rings is 1. The fraction of sp³-hybridized carbons (Fsp3) is 0.417. The summed E-state index contributed by atoms with van der Waals surface area (Å²) in [5, 5.41) is 0. The molecule has 1 aromatic rings. The highest BCUT2D eigenvalue weighted by atomic mass is 79.9. The van der Waals surface area contributed by atoms with Gasteiger partial charge in [-0.05, 0) is 43.8 Å². The minimum atomic E-state index is -4.39. The summed E-state index contributed by atoms with van der Waals surface area (Å²) in [5.74, 6) is -0.131. The first-order chi connectivity index (χ1) is 8.74. The molecule has 2 nitrogen and oxygen atoms in total. The Labute approximate surface area is 121 Å². The summed E-state index contributed by atoms with van der Waals surface area (Å²) < 4.78 is 42.3. The molecule has 0 aliphatic heterocycles. The van der Waals surface area contributed by atoms with Crippen LogP contribution in [0.2, 0.25) is 0 Å². The predicted molar refractivity (Wildman–Crippen MR) is 72.2 cm³/mol. The van der Waals surface area contributed by atoms with Crippen molar-refractivity contribution in [1.29, 1.82) is 0 Å². The summed E-state index contributed by atoms with van der Waals surface area (Å²) in [6, 6.07) is 3.97. The number of hydrogen-bond donors (Lipinski definition) is 0. The van der Waals surface area contributed by atoms with Crippen LogP contribution in [0.15, 0.2) is 23.1 Å². The van der Waals surface area contributed by atoms with Crippen LogP contribution in [0.5, 0.6) is 5.75 Å². The van der Waals surface area contributed by atoms with Gasteiger partial charge < -0.3 is 4.74 Å². The molecule has 1 aromatic carbocycles. The maximum atomic E-state index is 12.4. The largest absolute Gasteiger partial charge is 0.493 e. The molecule has 0 heterocycles. The number of Topliss-reactive ketones (excluding diaryl/α,β-unsaturated/α-hetero) is 1. The second-order valence-electron chi connectivity index (χ2n) is 3.62. The number of alkyl halides is 4. The molecule has 0 saturated carbocycles. The Morgan fingerprint density at radius 3 is 2.58 bits per heavy atom. The number of carbonyl (C=O) groups is 1. The van der Waals surface area contributed by atoms with E-state index in [1.54, 1.807) is 13.8 Å². The second kappa shape index (κ2) is 6.65. The quantitative estimate of drug-likeness (QED) is 0.436. The average Bonchev–Trinajstić information content (AvgIpc) is 2.29. The first-order valence-corrected chi connectivity index (χ1v) is 7.18. The molecule has 19 heavy (non-hydrogen) atoms. The van der Waals surface area contributed by atoms with Crippen molar-refractivity contribution >= 4 is 33.5 Å². The van der Waals surface area contributed by atoms with Crippen LogP contribution in [-0.2, 0) is 0 Å². The first kappa shape index (κ1) is 16.4. The monoisotopic (exact) mass is 356 g/mol. The van der Waals surface area contributed by atoms with Gasteiger partial charge in [0.25, 0.3) is 0 Å². The van der Waals surface area contributed by atoms with Crippen molar-refractivity contribution < 1.29 is 22.7 Å². The Balaban J connectivity index is 3.11. The molecule has 0 aliphatic carbocycles. The van der Waals surface area contributed by atoms with Crippen LogP contribution in [0, 0.1) is 0 Å². The zero-order valence-corrected chi connectivity index (χ0v) is 12.7. The van der Waals surface area contributed by atoms with Crippen molar-refractivity contribution in [3.63, 3.8) is 0 Å². The van der Waals surface area contributed by atoms with Gasteiger partial charge in [-0.15, -0.1) is 0 Å². The normalized spacial score (nSPS) is 13.2. The van der Waals surface area contributed by atoms with E-state index in [9.17, 15) is 18.0 Å². The van der Waals surface area contributed by atoms with E-state index in [1.165, 1.54) is 18.2 Å². The van der Waals surface area contributed by atoms with Gasteiger partial charge >= 0.3 is 5.51 Å². The number of hydrogen-bond acceptors (Lipinski definition) is 3. The molecule has 1 atom stereocenters. The SMILES string of the molecule is CCOc1cc(C(=O)C(C)Br)ccc1SC(F)(F)F. The van der Waals surface area contributed by atoms with Gasteiger partial charge in [-0.1, -0.05) is 15.9 Å². The van der Waals surface area contributed by atoms with Crippen molar-refractivity contribution in [3.05, 3.63) is 23.8 Å². The van der Waals surface area contributed by atoms with Gasteiger partial charge in [0.2, 0.25) is 0 Å². The van der Waals surface area contributed by atoms with E-state index in [0.717, 1.165) is 0 Å². The van der Waals surface area contributed by atoms with Crippen LogP contribution < -0.4 is 4.74 Å². The highest BCUT2D eigenvalue weighted by Gasteiger charge is 2.31. The van der Waals surface area contributed by atoms with E-state index in [0.29, 0.717) is 5.56 Å². The van der Waals surface area contributed by atoms with Crippen molar-refractivity contribution in [2.45, 2.75) is 29.1 Å². The van der Waals surface area contributed by atoms with E-state index in [-0.39, 0.29) is 34.8 Å².